The second-order valence-electron chi connectivity index (χ2n) is 11.3. The van der Waals surface area contributed by atoms with E-state index in [9.17, 15) is 5.11 Å². The molecule has 3 rings (SSSR count). The molecule has 3 atom stereocenters. The third-order valence-corrected chi connectivity index (χ3v) is 9.66. The molecule has 0 spiro atoms. The van der Waals surface area contributed by atoms with E-state index in [2.05, 4.69) is 13.8 Å². The highest BCUT2D eigenvalue weighted by atomic mass is 16.3. The van der Waals surface area contributed by atoms with Gasteiger partial charge in [-0.15, -0.1) is 0 Å². The molecule has 3 unspecified atom stereocenters. The molecule has 0 saturated heterocycles. The first kappa shape index (κ1) is 23.6. The van der Waals surface area contributed by atoms with Crippen LogP contribution < -0.4 is 0 Å². The molecule has 1 heteroatoms. The molecule has 0 aromatic carbocycles. The third-order valence-electron chi connectivity index (χ3n) is 9.66. The monoisotopic (exact) mass is 404 g/mol. The molecule has 0 heterocycles. The summed E-state index contributed by atoms with van der Waals surface area (Å²) in [5.41, 5.74) is 0. The van der Waals surface area contributed by atoms with Crippen LogP contribution in [0.2, 0.25) is 0 Å². The van der Waals surface area contributed by atoms with Crippen LogP contribution in [-0.4, -0.2) is 11.7 Å². The Morgan fingerprint density at radius 1 is 0.621 bits per heavy atom. The van der Waals surface area contributed by atoms with Crippen molar-refractivity contribution in [1.29, 1.82) is 0 Å². The topological polar surface area (TPSA) is 20.2 Å². The SMILES string of the molecule is CCCCCCC1CCC(C2CCC(C3CCC(CCO)CC3)C(CC)C2)CC1. The predicted octanol–water partition coefficient (Wildman–Crippen LogP) is 8.39. The number of rotatable bonds is 10. The fourth-order valence-electron chi connectivity index (χ4n) is 7.74. The Hall–Kier alpha value is -0.0400. The van der Waals surface area contributed by atoms with E-state index in [0.29, 0.717) is 6.61 Å². The van der Waals surface area contributed by atoms with Crippen LogP contribution in [0.5, 0.6) is 0 Å². The Bertz CT molecular complexity index is 416. The molecule has 29 heavy (non-hydrogen) atoms. The lowest BCUT2D eigenvalue weighted by Gasteiger charge is -2.45. The average Bonchev–Trinajstić information content (AvgIpc) is 2.77. The van der Waals surface area contributed by atoms with Gasteiger partial charge in [-0.3, -0.25) is 0 Å². The first-order valence-electron chi connectivity index (χ1n) is 13.9. The van der Waals surface area contributed by atoms with Gasteiger partial charge in [-0.1, -0.05) is 78.1 Å². The maximum atomic E-state index is 9.25. The minimum Gasteiger partial charge on any atom is -0.396 e. The maximum absolute atomic E-state index is 9.25. The fraction of sp³-hybridized carbons (Fsp3) is 1.00. The summed E-state index contributed by atoms with van der Waals surface area (Å²) in [6.07, 6.45) is 26.3. The van der Waals surface area contributed by atoms with Crippen molar-refractivity contribution in [2.24, 2.45) is 41.4 Å². The zero-order valence-corrected chi connectivity index (χ0v) is 19.9. The lowest BCUT2D eigenvalue weighted by Crippen LogP contribution is -2.35. The standard InChI is InChI=1S/C28H52O/c1-3-5-6-7-8-22-9-13-25(14-10-22)27-17-18-28(24(4-2)21-27)26-15-11-23(12-16-26)19-20-29/h22-29H,3-21H2,1-2H3. The zero-order chi connectivity index (χ0) is 20.5. The van der Waals surface area contributed by atoms with Crippen molar-refractivity contribution in [2.45, 2.75) is 129 Å². The second-order valence-corrected chi connectivity index (χ2v) is 11.3. The molecule has 3 fully saturated rings. The van der Waals surface area contributed by atoms with Gasteiger partial charge in [0.1, 0.15) is 0 Å². The highest BCUT2D eigenvalue weighted by Gasteiger charge is 2.39. The molecule has 0 aliphatic heterocycles. The fourth-order valence-corrected chi connectivity index (χ4v) is 7.74. The Labute approximate surface area is 182 Å². The van der Waals surface area contributed by atoms with Gasteiger partial charge in [0.2, 0.25) is 0 Å². The first-order valence-corrected chi connectivity index (χ1v) is 13.9. The lowest BCUT2D eigenvalue weighted by molar-refractivity contribution is 0.0509. The van der Waals surface area contributed by atoms with Crippen molar-refractivity contribution in [3.05, 3.63) is 0 Å². The summed E-state index contributed by atoms with van der Waals surface area (Å²) in [6.45, 7) is 5.20. The summed E-state index contributed by atoms with van der Waals surface area (Å²) in [5.74, 6) is 7.07. The normalized spacial score (nSPS) is 38.8. The maximum Gasteiger partial charge on any atom is 0.0433 e. The number of aliphatic hydroxyl groups is 1. The molecule has 3 aliphatic rings. The molecule has 0 bridgehead atoms. The molecule has 170 valence electrons. The van der Waals surface area contributed by atoms with Crippen molar-refractivity contribution in [1.82, 2.24) is 0 Å². The smallest absolute Gasteiger partial charge is 0.0433 e. The quantitative estimate of drug-likeness (QED) is 0.362. The largest absolute Gasteiger partial charge is 0.396 e. The molecule has 0 aromatic rings. The van der Waals surface area contributed by atoms with Crippen LogP contribution in [0.3, 0.4) is 0 Å². The second kappa shape index (κ2) is 12.7. The summed E-state index contributed by atoms with van der Waals surface area (Å²) < 4.78 is 0. The van der Waals surface area contributed by atoms with Gasteiger partial charge in [0.15, 0.2) is 0 Å². The van der Waals surface area contributed by atoms with Gasteiger partial charge in [-0.05, 0) is 92.8 Å². The predicted molar refractivity (Wildman–Crippen MR) is 126 cm³/mol. The number of unbranched alkanes of at least 4 members (excludes halogenated alkanes) is 3. The minimum absolute atomic E-state index is 0.402. The Kier molecular flexibility index (Phi) is 10.4. The van der Waals surface area contributed by atoms with E-state index in [4.69, 9.17) is 0 Å². The van der Waals surface area contributed by atoms with E-state index in [1.807, 2.05) is 0 Å². The van der Waals surface area contributed by atoms with Crippen LogP contribution >= 0.6 is 0 Å². The van der Waals surface area contributed by atoms with E-state index in [1.54, 1.807) is 38.5 Å². The van der Waals surface area contributed by atoms with E-state index >= 15 is 0 Å². The van der Waals surface area contributed by atoms with Crippen LogP contribution in [0.1, 0.15) is 129 Å². The Balaban J connectivity index is 1.40. The number of hydrogen-bond acceptors (Lipinski definition) is 1. The number of aliphatic hydroxyl groups excluding tert-OH is 1. The molecule has 0 radical (unpaired) electrons. The number of hydrogen-bond donors (Lipinski definition) is 1. The first-order chi connectivity index (χ1) is 14.2. The average molecular weight is 405 g/mol. The van der Waals surface area contributed by atoms with Gasteiger partial charge in [-0.2, -0.15) is 0 Å². The molecule has 0 aromatic heterocycles. The summed E-state index contributed by atoms with van der Waals surface area (Å²) in [5, 5.41) is 9.25. The van der Waals surface area contributed by atoms with Gasteiger partial charge in [0.05, 0.1) is 0 Å². The van der Waals surface area contributed by atoms with E-state index in [-0.39, 0.29) is 0 Å². The van der Waals surface area contributed by atoms with Crippen molar-refractivity contribution in [3.63, 3.8) is 0 Å². The Morgan fingerprint density at radius 3 is 1.86 bits per heavy atom. The van der Waals surface area contributed by atoms with Crippen LogP contribution in [-0.2, 0) is 0 Å². The van der Waals surface area contributed by atoms with Crippen molar-refractivity contribution in [2.75, 3.05) is 6.61 Å². The highest BCUT2D eigenvalue weighted by molar-refractivity contribution is 4.89. The van der Waals surface area contributed by atoms with Crippen LogP contribution in [0.4, 0.5) is 0 Å². The Morgan fingerprint density at radius 2 is 1.24 bits per heavy atom. The highest BCUT2D eigenvalue weighted by Crippen LogP contribution is 2.49. The zero-order valence-electron chi connectivity index (χ0n) is 19.9. The molecule has 1 N–H and O–H groups in total. The summed E-state index contributed by atoms with van der Waals surface area (Å²) in [7, 11) is 0. The van der Waals surface area contributed by atoms with Gasteiger partial charge in [0, 0.05) is 6.61 Å². The summed E-state index contributed by atoms with van der Waals surface area (Å²) >= 11 is 0. The minimum atomic E-state index is 0.402. The van der Waals surface area contributed by atoms with Gasteiger partial charge in [0.25, 0.3) is 0 Å². The summed E-state index contributed by atoms with van der Waals surface area (Å²) in [4.78, 5) is 0. The van der Waals surface area contributed by atoms with Gasteiger partial charge < -0.3 is 5.11 Å². The molecule has 1 nitrogen and oxygen atoms in total. The van der Waals surface area contributed by atoms with E-state index in [0.717, 1.165) is 47.8 Å². The van der Waals surface area contributed by atoms with Crippen molar-refractivity contribution < 1.29 is 5.11 Å². The lowest BCUT2D eigenvalue weighted by atomic mass is 9.60. The summed E-state index contributed by atoms with van der Waals surface area (Å²) in [6, 6.07) is 0. The van der Waals surface area contributed by atoms with Gasteiger partial charge >= 0.3 is 0 Å². The van der Waals surface area contributed by atoms with Gasteiger partial charge in [-0.25, -0.2) is 0 Å². The van der Waals surface area contributed by atoms with Crippen molar-refractivity contribution in [3.8, 4) is 0 Å². The molecular formula is C28H52O. The molecule has 0 amide bonds. The van der Waals surface area contributed by atoms with E-state index < -0.39 is 0 Å². The van der Waals surface area contributed by atoms with E-state index in [1.165, 1.54) is 70.6 Å². The molecule has 3 saturated carbocycles. The molecule has 3 aliphatic carbocycles. The van der Waals surface area contributed by atoms with Crippen LogP contribution in [0.15, 0.2) is 0 Å². The molecular weight excluding hydrogens is 352 g/mol. The van der Waals surface area contributed by atoms with Crippen molar-refractivity contribution >= 4 is 0 Å². The third kappa shape index (κ3) is 6.98. The van der Waals surface area contributed by atoms with Crippen LogP contribution in [0.25, 0.3) is 0 Å². The van der Waals surface area contributed by atoms with Crippen LogP contribution in [0, 0.1) is 41.4 Å².